The number of halogens is 3. The third-order valence-electron chi connectivity index (χ3n) is 5.19. The highest BCUT2D eigenvalue weighted by Gasteiger charge is 2.23. The number of hydrogen-bond acceptors (Lipinski definition) is 3. The molecule has 0 amide bonds. The fourth-order valence-corrected chi connectivity index (χ4v) is 3.60. The number of guanidine groups is 1. The van der Waals surface area contributed by atoms with Gasteiger partial charge in [-0.2, -0.15) is 0 Å². The van der Waals surface area contributed by atoms with Gasteiger partial charge in [-0.15, -0.1) is 24.0 Å². The molecule has 2 saturated heterocycles. The fourth-order valence-electron chi connectivity index (χ4n) is 3.60. The Hall–Kier alpha value is -1.00. The molecule has 1 unspecified atom stereocenters. The molecule has 2 heterocycles. The topological polar surface area (TPSA) is 46.1 Å². The van der Waals surface area contributed by atoms with Crippen molar-refractivity contribution in [2.45, 2.75) is 50.9 Å². The number of nitrogens with zero attached hydrogens (tertiary/aromatic N) is 2. The van der Waals surface area contributed by atoms with Crippen molar-refractivity contribution in [3.8, 4) is 0 Å². The lowest BCUT2D eigenvalue weighted by atomic mass is 10.1. The van der Waals surface area contributed by atoms with Gasteiger partial charge in [-0.3, -0.25) is 4.99 Å². The minimum absolute atomic E-state index is 0. The van der Waals surface area contributed by atoms with Gasteiger partial charge in [0, 0.05) is 38.9 Å². The second-order valence-electron chi connectivity index (χ2n) is 7.14. The Balaban J connectivity index is 0.00000280. The van der Waals surface area contributed by atoms with Crippen molar-refractivity contribution in [3.63, 3.8) is 0 Å². The van der Waals surface area contributed by atoms with Gasteiger partial charge in [0.2, 0.25) is 0 Å². The maximum absolute atomic E-state index is 13.8. The second kappa shape index (κ2) is 11.9. The Morgan fingerprint density at radius 2 is 2.04 bits per heavy atom. The summed E-state index contributed by atoms with van der Waals surface area (Å²) in [6.45, 7) is 3.37. The van der Waals surface area contributed by atoms with E-state index in [1.54, 1.807) is 7.05 Å². The van der Waals surface area contributed by atoms with Crippen molar-refractivity contribution in [1.29, 1.82) is 0 Å². The van der Waals surface area contributed by atoms with Crippen LogP contribution >= 0.6 is 24.0 Å². The van der Waals surface area contributed by atoms with Crippen LogP contribution in [0.2, 0.25) is 0 Å². The Morgan fingerprint density at radius 1 is 1.25 bits per heavy atom. The van der Waals surface area contributed by atoms with E-state index >= 15 is 0 Å². The molecule has 2 aliphatic heterocycles. The maximum atomic E-state index is 13.8. The second-order valence-corrected chi connectivity index (χ2v) is 7.14. The average molecular weight is 509 g/mol. The minimum Gasteiger partial charge on any atom is -0.376 e. The summed E-state index contributed by atoms with van der Waals surface area (Å²) in [5.41, 5.74) is 0.293. The Morgan fingerprint density at radius 3 is 2.71 bits per heavy atom. The highest BCUT2D eigenvalue weighted by atomic mass is 127. The van der Waals surface area contributed by atoms with Gasteiger partial charge >= 0.3 is 0 Å². The molecule has 8 heteroatoms. The van der Waals surface area contributed by atoms with E-state index < -0.39 is 11.6 Å². The monoisotopic (exact) mass is 509 g/mol. The summed E-state index contributed by atoms with van der Waals surface area (Å²) in [6, 6.07) is 3.48. The van der Waals surface area contributed by atoms with Gasteiger partial charge < -0.3 is 19.7 Å². The Bertz CT molecular complexity index is 634. The largest absolute Gasteiger partial charge is 0.376 e. The lowest BCUT2D eigenvalue weighted by molar-refractivity contribution is -0.0721. The molecule has 2 fully saturated rings. The summed E-state index contributed by atoms with van der Waals surface area (Å²) >= 11 is 0. The first-order valence-corrected chi connectivity index (χ1v) is 9.78. The van der Waals surface area contributed by atoms with Crippen molar-refractivity contribution in [1.82, 2.24) is 10.2 Å². The lowest BCUT2D eigenvalue weighted by Crippen LogP contribution is -2.47. The molecule has 1 atom stereocenters. The Kier molecular flexibility index (Phi) is 9.87. The van der Waals surface area contributed by atoms with Crippen molar-refractivity contribution >= 4 is 29.9 Å². The van der Waals surface area contributed by atoms with Gasteiger partial charge in [-0.25, -0.2) is 8.78 Å². The predicted octanol–water partition coefficient (Wildman–Crippen LogP) is 3.71. The number of aliphatic imine (C=N–C) groups is 1. The third-order valence-corrected chi connectivity index (χ3v) is 5.19. The quantitative estimate of drug-likeness (QED) is 0.374. The van der Waals surface area contributed by atoms with Gasteiger partial charge in [0.05, 0.1) is 18.8 Å². The molecule has 0 aromatic heterocycles. The van der Waals surface area contributed by atoms with E-state index in [4.69, 9.17) is 9.47 Å². The molecule has 158 valence electrons. The van der Waals surface area contributed by atoms with Crippen LogP contribution in [0.5, 0.6) is 0 Å². The highest BCUT2D eigenvalue weighted by molar-refractivity contribution is 14.0. The van der Waals surface area contributed by atoms with Crippen molar-refractivity contribution in [2.24, 2.45) is 4.99 Å². The summed E-state index contributed by atoms with van der Waals surface area (Å²) in [5, 5.41) is 3.13. The van der Waals surface area contributed by atoms with Gasteiger partial charge in [0.1, 0.15) is 11.6 Å². The van der Waals surface area contributed by atoms with Crippen LogP contribution in [0.3, 0.4) is 0 Å². The van der Waals surface area contributed by atoms with Crippen LogP contribution in [0.25, 0.3) is 0 Å². The average Bonchev–Trinajstić information content (AvgIpc) is 2.71. The number of benzene rings is 1. The van der Waals surface area contributed by atoms with Gasteiger partial charge in [0.15, 0.2) is 5.96 Å². The van der Waals surface area contributed by atoms with E-state index in [0.717, 1.165) is 57.5 Å². The standard InChI is InChI=1S/C20H29F2N3O2.HI/c1-23-20(24-13-15-12-16(21)5-6-19(15)22)25-9-7-17(8-10-25)27-14-18-4-2-3-11-26-18;/h5-6,12,17-18H,2-4,7-11,13-14H2,1H3,(H,23,24);1H. The zero-order valence-corrected chi connectivity index (χ0v) is 18.7. The van der Waals surface area contributed by atoms with Crippen LogP contribution in [0.1, 0.15) is 37.7 Å². The fraction of sp³-hybridized carbons (Fsp3) is 0.650. The number of likely N-dealkylation sites (tertiary alicyclic amines) is 1. The predicted molar refractivity (Wildman–Crippen MR) is 116 cm³/mol. The molecular weight excluding hydrogens is 479 g/mol. The summed E-state index contributed by atoms with van der Waals surface area (Å²) in [7, 11) is 1.70. The zero-order chi connectivity index (χ0) is 19.1. The molecule has 0 spiro atoms. The van der Waals surface area contributed by atoms with E-state index in [1.807, 2.05) is 0 Å². The van der Waals surface area contributed by atoms with Crippen LogP contribution in [0, 0.1) is 11.6 Å². The number of ether oxygens (including phenoxy) is 2. The molecule has 28 heavy (non-hydrogen) atoms. The SMILES string of the molecule is CN=C(NCc1cc(F)ccc1F)N1CCC(OCC2CCCCO2)CC1.I. The van der Waals surface area contributed by atoms with Crippen molar-refractivity contribution < 1.29 is 18.3 Å². The summed E-state index contributed by atoms with van der Waals surface area (Å²) in [6.07, 6.45) is 5.79. The molecule has 0 aliphatic carbocycles. The van der Waals surface area contributed by atoms with Gasteiger partial charge in [0.25, 0.3) is 0 Å². The van der Waals surface area contributed by atoms with Gasteiger partial charge in [-0.05, 0) is 50.3 Å². The third kappa shape index (κ3) is 6.81. The van der Waals surface area contributed by atoms with E-state index in [1.165, 1.54) is 12.5 Å². The van der Waals surface area contributed by atoms with Crippen molar-refractivity contribution in [2.75, 3.05) is 33.4 Å². The number of piperidine rings is 1. The summed E-state index contributed by atoms with van der Waals surface area (Å²) in [5.74, 6) is -0.160. The molecule has 0 radical (unpaired) electrons. The maximum Gasteiger partial charge on any atom is 0.193 e. The van der Waals surface area contributed by atoms with E-state index in [-0.39, 0.29) is 42.7 Å². The van der Waals surface area contributed by atoms with Crippen LogP contribution in [0.4, 0.5) is 8.78 Å². The number of hydrogen-bond donors (Lipinski definition) is 1. The lowest BCUT2D eigenvalue weighted by Gasteiger charge is -2.35. The van der Waals surface area contributed by atoms with Crippen LogP contribution in [-0.2, 0) is 16.0 Å². The molecule has 5 nitrogen and oxygen atoms in total. The molecule has 3 rings (SSSR count). The highest BCUT2D eigenvalue weighted by Crippen LogP contribution is 2.18. The minimum atomic E-state index is -0.442. The van der Waals surface area contributed by atoms with E-state index in [0.29, 0.717) is 18.1 Å². The molecule has 0 bridgehead atoms. The molecular formula is C20H30F2IN3O2. The van der Waals surface area contributed by atoms with Crippen molar-refractivity contribution in [3.05, 3.63) is 35.4 Å². The summed E-state index contributed by atoms with van der Waals surface area (Å²) in [4.78, 5) is 6.41. The van der Waals surface area contributed by atoms with E-state index in [9.17, 15) is 8.78 Å². The molecule has 2 aliphatic rings. The van der Waals surface area contributed by atoms with Crippen LogP contribution in [-0.4, -0.2) is 56.4 Å². The smallest absolute Gasteiger partial charge is 0.193 e. The van der Waals surface area contributed by atoms with Crippen LogP contribution < -0.4 is 5.32 Å². The molecule has 1 aromatic rings. The van der Waals surface area contributed by atoms with Crippen LogP contribution in [0.15, 0.2) is 23.2 Å². The first kappa shape index (κ1) is 23.3. The number of nitrogens with one attached hydrogen (secondary N) is 1. The van der Waals surface area contributed by atoms with Gasteiger partial charge in [-0.1, -0.05) is 0 Å². The molecule has 0 saturated carbocycles. The first-order chi connectivity index (χ1) is 13.2. The molecule has 1 aromatic carbocycles. The molecule has 1 N–H and O–H groups in total. The first-order valence-electron chi connectivity index (χ1n) is 9.78. The number of rotatable bonds is 5. The Labute approximate surface area is 182 Å². The zero-order valence-electron chi connectivity index (χ0n) is 16.3. The normalized spacial score (nSPS) is 21.3. The van der Waals surface area contributed by atoms with E-state index in [2.05, 4.69) is 15.2 Å². The summed E-state index contributed by atoms with van der Waals surface area (Å²) < 4.78 is 38.8.